The average Bonchev–Trinajstić information content (AvgIpc) is 2.17. The van der Waals surface area contributed by atoms with Gasteiger partial charge < -0.3 is 5.11 Å². The van der Waals surface area contributed by atoms with Crippen molar-refractivity contribution in [1.29, 1.82) is 0 Å². The lowest BCUT2D eigenvalue weighted by Gasteiger charge is -2.14. The zero-order chi connectivity index (χ0) is 12.2. The van der Waals surface area contributed by atoms with Gasteiger partial charge in [-0.2, -0.15) is 4.31 Å². The standard InChI is InChI=1S/C10H13NO4S/c1-11(7-10(12)13)16(14,15)8-9-5-3-2-4-6-9/h2-6H,7-8H2,1H3,(H,12,13). The van der Waals surface area contributed by atoms with Crippen LogP contribution in [0.25, 0.3) is 0 Å². The van der Waals surface area contributed by atoms with E-state index in [1.807, 2.05) is 0 Å². The van der Waals surface area contributed by atoms with Crippen molar-refractivity contribution in [2.75, 3.05) is 13.6 Å². The molecule has 0 fully saturated rings. The van der Waals surface area contributed by atoms with Crippen LogP contribution in [0.3, 0.4) is 0 Å². The van der Waals surface area contributed by atoms with Gasteiger partial charge in [-0.3, -0.25) is 4.79 Å². The Labute approximate surface area is 94.4 Å². The van der Waals surface area contributed by atoms with Crippen LogP contribution in [-0.4, -0.2) is 37.4 Å². The van der Waals surface area contributed by atoms with E-state index >= 15 is 0 Å². The van der Waals surface area contributed by atoms with Gasteiger partial charge in [0.2, 0.25) is 10.0 Å². The predicted molar refractivity (Wildman–Crippen MR) is 59.3 cm³/mol. The molecule has 0 amide bonds. The third-order valence-electron chi connectivity index (χ3n) is 2.02. The minimum Gasteiger partial charge on any atom is -0.480 e. The molecule has 0 aliphatic heterocycles. The smallest absolute Gasteiger partial charge is 0.318 e. The minimum absolute atomic E-state index is 0.183. The summed E-state index contributed by atoms with van der Waals surface area (Å²) in [5.41, 5.74) is 0.639. The Kier molecular flexibility index (Phi) is 4.03. The monoisotopic (exact) mass is 243 g/mol. The molecule has 0 unspecified atom stereocenters. The molecule has 88 valence electrons. The Balaban J connectivity index is 2.76. The van der Waals surface area contributed by atoms with Crippen LogP contribution in [0.2, 0.25) is 0 Å². The van der Waals surface area contributed by atoms with Crippen molar-refractivity contribution in [2.45, 2.75) is 5.75 Å². The number of carbonyl (C=O) groups is 1. The fourth-order valence-electron chi connectivity index (χ4n) is 1.18. The normalized spacial score (nSPS) is 11.6. The summed E-state index contributed by atoms with van der Waals surface area (Å²) in [6.07, 6.45) is 0. The fraction of sp³-hybridized carbons (Fsp3) is 0.300. The Morgan fingerprint density at radius 1 is 1.31 bits per heavy atom. The number of sulfonamides is 1. The fourth-order valence-corrected chi connectivity index (χ4v) is 2.33. The summed E-state index contributed by atoms with van der Waals surface area (Å²) >= 11 is 0. The van der Waals surface area contributed by atoms with Gasteiger partial charge in [-0.05, 0) is 5.56 Å². The predicted octanol–water partition coefficient (Wildman–Crippen LogP) is 0.533. The number of benzene rings is 1. The lowest BCUT2D eigenvalue weighted by molar-refractivity contribution is -0.137. The van der Waals surface area contributed by atoms with Crippen molar-refractivity contribution in [3.8, 4) is 0 Å². The number of nitrogens with zero attached hydrogens (tertiary/aromatic N) is 1. The number of hydrogen-bond donors (Lipinski definition) is 1. The van der Waals surface area contributed by atoms with Crippen LogP contribution in [0.1, 0.15) is 5.56 Å². The highest BCUT2D eigenvalue weighted by atomic mass is 32.2. The lowest BCUT2D eigenvalue weighted by Crippen LogP contribution is -2.32. The van der Waals surface area contributed by atoms with E-state index in [1.54, 1.807) is 30.3 Å². The Hall–Kier alpha value is -1.40. The summed E-state index contributed by atoms with van der Waals surface area (Å²) < 4.78 is 24.2. The second-order valence-corrected chi connectivity index (χ2v) is 5.47. The third-order valence-corrected chi connectivity index (χ3v) is 3.80. The molecule has 6 heteroatoms. The first-order valence-electron chi connectivity index (χ1n) is 4.61. The molecule has 0 aliphatic rings. The quantitative estimate of drug-likeness (QED) is 0.818. The van der Waals surface area contributed by atoms with E-state index in [0.717, 1.165) is 4.31 Å². The highest BCUT2D eigenvalue weighted by Gasteiger charge is 2.20. The first-order chi connectivity index (χ1) is 7.42. The topological polar surface area (TPSA) is 74.7 Å². The van der Waals surface area contributed by atoms with Crippen LogP contribution >= 0.6 is 0 Å². The SMILES string of the molecule is CN(CC(=O)O)S(=O)(=O)Cc1ccccc1. The van der Waals surface area contributed by atoms with Gasteiger partial charge in [-0.1, -0.05) is 30.3 Å². The first kappa shape index (κ1) is 12.7. The summed E-state index contributed by atoms with van der Waals surface area (Å²) in [6.45, 7) is -0.519. The third kappa shape index (κ3) is 3.63. The van der Waals surface area contributed by atoms with Gasteiger partial charge >= 0.3 is 5.97 Å². The summed E-state index contributed by atoms with van der Waals surface area (Å²) in [7, 11) is -2.30. The molecule has 0 aromatic heterocycles. The number of hydrogen-bond acceptors (Lipinski definition) is 3. The van der Waals surface area contributed by atoms with Gasteiger partial charge in [0.25, 0.3) is 0 Å². The lowest BCUT2D eigenvalue weighted by atomic mass is 10.2. The van der Waals surface area contributed by atoms with Crippen molar-refractivity contribution in [1.82, 2.24) is 4.31 Å². The van der Waals surface area contributed by atoms with E-state index in [2.05, 4.69) is 0 Å². The van der Waals surface area contributed by atoms with Gasteiger partial charge in [0.1, 0.15) is 6.54 Å². The van der Waals surface area contributed by atoms with Gasteiger partial charge in [0.05, 0.1) is 5.75 Å². The van der Waals surface area contributed by atoms with E-state index in [9.17, 15) is 13.2 Å². The van der Waals surface area contributed by atoms with Crippen molar-refractivity contribution in [3.05, 3.63) is 35.9 Å². The largest absolute Gasteiger partial charge is 0.480 e. The molecule has 16 heavy (non-hydrogen) atoms. The van der Waals surface area contributed by atoms with E-state index in [0.29, 0.717) is 5.56 Å². The van der Waals surface area contributed by atoms with Crippen LogP contribution in [0.5, 0.6) is 0 Å². The molecule has 0 atom stereocenters. The van der Waals surface area contributed by atoms with E-state index in [-0.39, 0.29) is 5.75 Å². The summed E-state index contributed by atoms with van der Waals surface area (Å²) in [5, 5.41) is 8.51. The summed E-state index contributed by atoms with van der Waals surface area (Å²) in [5.74, 6) is -1.35. The Bertz CT molecular complexity index is 455. The second kappa shape index (κ2) is 5.09. The van der Waals surface area contributed by atoms with Gasteiger partial charge in [0, 0.05) is 7.05 Å². The number of likely N-dealkylation sites (N-methyl/N-ethyl adjacent to an activating group) is 1. The first-order valence-corrected chi connectivity index (χ1v) is 6.22. The molecular weight excluding hydrogens is 230 g/mol. The number of rotatable bonds is 5. The highest BCUT2D eigenvalue weighted by molar-refractivity contribution is 7.88. The number of carboxylic acid groups (broad SMARTS) is 1. The Morgan fingerprint density at radius 2 is 1.88 bits per heavy atom. The maximum absolute atomic E-state index is 11.7. The minimum atomic E-state index is -3.56. The van der Waals surface area contributed by atoms with Gasteiger partial charge in [-0.25, -0.2) is 8.42 Å². The van der Waals surface area contributed by atoms with Gasteiger partial charge in [0.15, 0.2) is 0 Å². The number of aliphatic carboxylic acids is 1. The molecule has 1 aromatic carbocycles. The average molecular weight is 243 g/mol. The summed E-state index contributed by atoms with van der Waals surface area (Å²) in [6, 6.07) is 8.64. The van der Waals surface area contributed by atoms with Crippen LogP contribution in [0.15, 0.2) is 30.3 Å². The molecule has 5 nitrogen and oxygen atoms in total. The zero-order valence-corrected chi connectivity index (χ0v) is 9.64. The molecule has 0 spiro atoms. The summed E-state index contributed by atoms with van der Waals surface area (Å²) in [4.78, 5) is 10.4. The van der Waals surface area contributed by atoms with Crippen molar-refractivity contribution in [2.24, 2.45) is 0 Å². The van der Waals surface area contributed by atoms with E-state index in [4.69, 9.17) is 5.11 Å². The van der Waals surface area contributed by atoms with Crippen LogP contribution < -0.4 is 0 Å². The molecule has 0 radical (unpaired) electrons. The zero-order valence-electron chi connectivity index (χ0n) is 8.83. The molecule has 0 saturated heterocycles. The van der Waals surface area contributed by atoms with Crippen LogP contribution in [0.4, 0.5) is 0 Å². The second-order valence-electron chi connectivity index (χ2n) is 3.39. The maximum atomic E-state index is 11.7. The molecule has 0 heterocycles. The number of carboxylic acids is 1. The van der Waals surface area contributed by atoms with Crippen molar-refractivity contribution < 1.29 is 18.3 Å². The van der Waals surface area contributed by atoms with E-state index in [1.165, 1.54) is 7.05 Å². The molecule has 0 aliphatic carbocycles. The van der Waals surface area contributed by atoms with Crippen LogP contribution in [-0.2, 0) is 20.6 Å². The highest BCUT2D eigenvalue weighted by Crippen LogP contribution is 2.08. The molecule has 0 bridgehead atoms. The molecule has 1 N–H and O–H groups in total. The van der Waals surface area contributed by atoms with Crippen molar-refractivity contribution >= 4 is 16.0 Å². The molecular formula is C10H13NO4S. The van der Waals surface area contributed by atoms with Gasteiger partial charge in [-0.15, -0.1) is 0 Å². The van der Waals surface area contributed by atoms with Crippen molar-refractivity contribution in [3.63, 3.8) is 0 Å². The maximum Gasteiger partial charge on any atom is 0.318 e. The van der Waals surface area contributed by atoms with E-state index < -0.39 is 22.5 Å². The molecule has 1 rings (SSSR count). The molecule has 1 aromatic rings. The Morgan fingerprint density at radius 3 is 2.38 bits per heavy atom. The van der Waals surface area contributed by atoms with Crippen LogP contribution in [0, 0.1) is 0 Å². The molecule has 0 saturated carbocycles.